The Morgan fingerprint density at radius 3 is 2.83 bits per heavy atom. The molecule has 7 heteroatoms. The number of carbonyl (C=O) groups is 2. The van der Waals surface area contributed by atoms with Crippen molar-refractivity contribution in [1.29, 1.82) is 0 Å². The lowest BCUT2D eigenvalue weighted by molar-refractivity contribution is -0.174. The molecule has 0 fully saturated rings. The lowest BCUT2D eigenvalue weighted by atomic mass is 9.95. The predicted molar refractivity (Wildman–Crippen MR) is 84.9 cm³/mol. The predicted octanol–water partition coefficient (Wildman–Crippen LogP) is 2.13. The molecule has 1 N–H and O–H groups in total. The van der Waals surface area contributed by atoms with Crippen LogP contribution in [0.2, 0.25) is 0 Å². The molecule has 2 aliphatic heterocycles. The topological polar surface area (TPSA) is 61.9 Å². The standard InChI is InChI=1S/C17H18FN3O3/c1-3-9-20-13-10-21(24-4-2)16(22)14(13)15(19-17(20)23)11-7-5-6-8-12(11)18/h3,5-8,15H,1,4,9-10H2,2H3,(H,19,23). The Bertz CT molecular complexity index is 732. The van der Waals surface area contributed by atoms with Crippen molar-refractivity contribution in [2.45, 2.75) is 13.0 Å². The molecule has 0 saturated carbocycles. The van der Waals surface area contributed by atoms with Gasteiger partial charge in [0.15, 0.2) is 0 Å². The van der Waals surface area contributed by atoms with Gasteiger partial charge in [0.2, 0.25) is 0 Å². The Morgan fingerprint density at radius 2 is 2.17 bits per heavy atom. The largest absolute Gasteiger partial charge is 0.326 e. The van der Waals surface area contributed by atoms with Crippen LogP contribution in [0, 0.1) is 5.82 Å². The zero-order valence-electron chi connectivity index (χ0n) is 13.3. The van der Waals surface area contributed by atoms with Crippen molar-refractivity contribution >= 4 is 11.9 Å². The Balaban J connectivity index is 2.08. The van der Waals surface area contributed by atoms with E-state index in [0.717, 1.165) is 0 Å². The number of hydrogen-bond acceptors (Lipinski definition) is 3. The molecule has 0 aromatic heterocycles. The Kier molecular flexibility index (Phi) is 4.35. The van der Waals surface area contributed by atoms with Crippen LogP contribution in [-0.2, 0) is 9.63 Å². The summed E-state index contributed by atoms with van der Waals surface area (Å²) in [5.41, 5.74) is 1.10. The molecule has 2 heterocycles. The molecule has 0 bridgehead atoms. The van der Waals surface area contributed by atoms with Gasteiger partial charge in [0, 0.05) is 12.1 Å². The fourth-order valence-electron chi connectivity index (χ4n) is 2.99. The maximum absolute atomic E-state index is 14.2. The zero-order valence-corrected chi connectivity index (χ0v) is 13.3. The Labute approximate surface area is 139 Å². The number of hydrogen-bond donors (Lipinski definition) is 1. The van der Waals surface area contributed by atoms with Crippen LogP contribution in [-0.4, -0.2) is 41.6 Å². The molecule has 0 spiro atoms. The highest BCUT2D eigenvalue weighted by Crippen LogP contribution is 2.37. The summed E-state index contributed by atoms with van der Waals surface area (Å²) in [5, 5.41) is 3.91. The van der Waals surface area contributed by atoms with E-state index in [2.05, 4.69) is 11.9 Å². The van der Waals surface area contributed by atoms with Gasteiger partial charge in [0.1, 0.15) is 5.82 Å². The van der Waals surface area contributed by atoms with Gasteiger partial charge in [-0.3, -0.25) is 14.5 Å². The molecule has 126 valence electrons. The fraction of sp³-hybridized carbons (Fsp3) is 0.294. The number of benzene rings is 1. The van der Waals surface area contributed by atoms with Crippen LogP contribution in [0.5, 0.6) is 0 Å². The third kappa shape index (κ3) is 2.56. The number of rotatable bonds is 5. The number of amides is 3. The monoisotopic (exact) mass is 331 g/mol. The highest BCUT2D eigenvalue weighted by molar-refractivity contribution is 6.00. The van der Waals surface area contributed by atoms with Gasteiger partial charge in [-0.2, -0.15) is 0 Å². The molecule has 0 aliphatic carbocycles. The first-order chi connectivity index (χ1) is 11.6. The summed E-state index contributed by atoms with van der Waals surface area (Å²) >= 11 is 0. The molecular weight excluding hydrogens is 313 g/mol. The molecule has 3 rings (SSSR count). The van der Waals surface area contributed by atoms with Crippen molar-refractivity contribution < 1.29 is 18.8 Å². The fourth-order valence-corrected chi connectivity index (χ4v) is 2.99. The number of nitrogens with zero attached hydrogens (tertiary/aromatic N) is 2. The molecular formula is C17H18FN3O3. The molecule has 0 radical (unpaired) electrons. The van der Waals surface area contributed by atoms with Gasteiger partial charge < -0.3 is 5.32 Å². The van der Waals surface area contributed by atoms with Gasteiger partial charge in [-0.25, -0.2) is 14.2 Å². The number of hydroxylamine groups is 2. The van der Waals surface area contributed by atoms with E-state index in [0.29, 0.717) is 17.9 Å². The van der Waals surface area contributed by atoms with Crippen LogP contribution >= 0.6 is 0 Å². The SMILES string of the molecule is C=CCN1C(=O)NC(c2ccccc2F)C2=C1CN(OCC)C2=O. The van der Waals surface area contributed by atoms with Gasteiger partial charge in [-0.1, -0.05) is 24.3 Å². The van der Waals surface area contributed by atoms with Crippen LogP contribution in [0.15, 0.2) is 48.2 Å². The van der Waals surface area contributed by atoms with E-state index >= 15 is 0 Å². The smallest absolute Gasteiger partial charge is 0.322 e. The Morgan fingerprint density at radius 1 is 1.42 bits per heavy atom. The first-order valence-corrected chi connectivity index (χ1v) is 7.69. The normalized spacial score (nSPS) is 20.3. The second kappa shape index (κ2) is 6.45. The average Bonchev–Trinajstić information content (AvgIpc) is 2.88. The van der Waals surface area contributed by atoms with Crippen molar-refractivity contribution in [2.75, 3.05) is 19.7 Å². The van der Waals surface area contributed by atoms with E-state index in [1.807, 2.05) is 0 Å². The maximum Gasteiger partial charge on any atom is 0.322 e. The number of nitrogens with one attached hydrogen (secondary N) is 1. The van der Waals surface area contributed by atoms with Gasteiger partial charge in [0.25, 0.3) is 5.91 Å². The van der Waals surface area contributed by atoms with Gasteiger partial charge in [-0.05, 0) is 13.0 Å². The third-order valence-electron chi connectivity index (χ3n) is 4.00. The molecule has 24 heavy (non-hydrogen) atoms. The van der Waals surface area contributed by atoms with E-state index in [9.17, 15) is 14.0 Å². The summed E-state index contributed by atoms with van der Waals surface area (Å²) in [6, 6.07) is 4.86. The molecule has 3 amide bonds. The van der Waals surface area contributed by atoms with Crippen LogP contribution in [0.1, 0.15) is 18.5 Å². The number of urea groups is 1. The molecule has 1 aromatic rings. The van der Waals surface area contributed by atoms with Gasteiger partial charge >= 0.3 is 6.03 Å². The second-order valence-electron chi connectivity index (χ2n) is 5.42. The lowest BCUT2D eigenvalue weighted by Crippen LogP contribution is -2.47. The molecule has 1 unspecified atom stereocenters. The van der Waals surface area contributed by atoms with Crippen molar-refractivity contribution in [2.24, 2.45) is 0 Å². The van der Waals surface area contributed by atoms with E-state index in [-0.39, 0.29) is 24.6 Å². The van der Waals surface area contributed by atoms with Crippen molar-refractivity contribution in [3.8, 4) is 0 Å². The van der Waals surface area contributed by atoms with Gasteiger partial charge in [-0.15, -0.1) is 6.58 Å². The maximum atomic E-state index is 14.2. The quantitative estimate of drug-likeness (QED) is 0.841. The lowest BCUT2D eigenvalue weighted by Gasteiger charge is -2.32. The molecule has 1 aromatic carbocycles. The molecule has 1 atom stereocenters. The summed E-state index contributed by atoms with van der Waals surface area (Å²) in [6.45, 7) is 6.12. The van der Waals surface area contributed by atoms with Crippen LogP contribution < -0.4 is 5.32 Å². The van der Waals surface area contributed by atoms with Crippen molar-refractivity contribution in [3.05, 3.63) is 59.6 Å². The van der Waals surface area contributed by atoms with E-state index < -0.39 is 17.9 Å². The summed E-state index contributed by atoms with van der Waals surface area (Å²) < 4.78 is 14.2. The van der Waals surface area contributed by atoms with Crippen LogP contribution in [0.3, 0.4) is 0 Å². The van der Waals surface area contributed by atoms with Gasteiger partial charge in [0.05, 0.1) is 30.5 Å². The minimum atomic E-state index is -0.840. The first kappa shape index (κ1) is 16.2. The average molecular weight is 331 g/mol. The Hall–Kier alpha value is -2.67. The third-order valence-corrected chi connectivity index (χ3v) is 4.00. The summed E-state index contributed by atoms with van der Waals surface area (Å²) in [6.07, 6.45) is 1.57. The van der Waals surface area contributed by atoms with E-state index in [1.165, 1.54) is 16.0 Å². The summed E-state index contributed by atoms with van der Waals surface area (Å²) in [7, 11) is 0. The van der Waals surface area contributed by atoms with E-state index in [4.69, 9.17) is 4.84 Å². The first-order valence-electron chi connectivity index (χ1n) is 7.69. The minimum absolute atomic E-state index is 0.147. The second-order valence-corrected chi connectivity index (χ2v) is 5.42. The van der Waals surface area contributed by atoms with Crippen molar-refractivity contribution in [1.82, 2.24) is 15.3 Å². The summed E-state index contributed by atoms with van der Waals surface area (Å²) in [5.74, 6) is -0.844. The highest BCUT2D eigenvalue weighted by Gasteiger charge is 2.44. The van der Waals surface area contributed by atoms with Crippen LogP contribution in [0.4, 0.5) is 9.18 Å². The molecule has 0 saturated heterocycles. The zero-order chi connectivity index (χ0) is 17.3. The minimum Gasteiger partial charge on any atom is -0.326 e. The van der Waals surface area contributed by atoms with Crippen LogP contribution in [0.25, 0.3) is 0 Å². The number of carbonyl (C=O) groups excluding carboxylic acids is 2. The molecule has 6 nitrogen and oxygen atoms in total. The highest BCUT2D eigenvalue weighted by atomic mass is 19.1. The molecule has 2 aliphatic rings. The van der Waals surface area contributed by atoms with Crippen molar-refractivity contribution in [3.63, 3.8) is 0 Å². The van der Waals surface area contributed by atoms with E-state index in [1.54, 1.807) is 31.2 Å². The summed E-state index contributed by atoms with van der Waals surface area (Å²) in [4.78, 5) is 31.9. The number of halogens is 1.